The number of carbonyl (C=O) groups excluding carboxylic acids is 1. The summed E-state index contributed by atoms with van der Waals surface area (Å²) in [6, 6.07) is 12.8. The van der Waals surface area contributed by atoms with Crippen molar-refractivity contribution in [3.63, 3.8) is 0 Å². The number of aliphatic carboxylic acids is 1. The molecule has 5 heteroatoms. The fraction of sp³-hybridized carbons (Fsp3) is 0.200. The summed E-state index contributed by atoms with van der Waals surface area (Å²) in [6.45, 7) is 0.972. The van der Waals surface area contributed by atoms with Crippen LogP contribution in [0.3, 0.4) is 0 Å². The van der Waals surface area contributed by atoms with Crippen molar-refractivity contribution in [3.05, 3.63) is 48.8 Å². The molecule has 0 radical (unpaired) electrons. The second kappa shape index (κ2) is 6.43. The number of hydrogen-bond acceptors (Lipinski definition) is 3. The van der Waals surface area contributed by atoms with Gasteiger partial charge in [0.25, 0.3) is 0 Å². The molecule has 0 fully saturated rings. The predicted molar refractivity (Wildman–Crippen MR) is 96.3 cm³/mol. The average Bonchev–Trinajstić information content (AvgIpc) is 2.87. The highest BCUT2D eigenvalue weighted by Crippen LogP contribution is 2.35. The fourth-order valence-corrected chi connectivity index (χ4v) is 3.18. The van der Waals surface area contributed by atoms with E-state index in [4.69, 9.17) is 14.6 Å². The minimum Gasteiger partial charge on any atom is -0.550 e. The third kappa shape index (κ3) is 3.01. The summed E-state index contributed by atoms with van der Waals surface area (Å²) in [6.07, 6.45) is 4.27. The molecule has 5 nitrogen and oxygen atoms in total. The van der Waals surface area contributed by atoms with Crippen LogP contribution < -0.4 is 14.4 Å². The van der Waals surface area contributed by atoms with Gasteiger partial charge in [-0.1, -0.05) is 6.07 Å². The van der Waals surface area contributed by atoms with Crippen LogP contribution in [-0.4, -0.2) is 17.6 Å². The Kier molecular flexibility index (Phi) is 4.31. The Morgan fingerprint density at radius 2 is 1.80 bits per heavy atom. The Balaban J connectivity index is 0.000000415. The number of fused-ring (bicyclic) bond motifs is 5. The number of benzene rings is 2. The van der Waals surface area contributed by atoms with Gasteiger partial charge in [0, 0.05) is 40.9 Å². The van der Waals surface area contributed by atoms with Gasteiger partial charge in [0.15, 0.2) is 12.4 Å². The second-order valence-corrected chi connectivity index (χ2v) is 6.01. The summed E-state index contributed by atoms with van der Waals surface area (Å²) in [4.78, 5) is 8.89. The molecule has 0 aliphatic heterocycles. The number of pyridine rings is 1. The number of nitrogens with zero attached hydrogens (tertiary/aromatic N) is 2. The van der Waals surface area contributed by atoms with Crippen LogP contribution in [0.15, 0.2) is 48.8 Å². The summed E-state index contributed by atoms with van der Waals surface area (Å²) < 4.78 is 9.75. The van der Waals surface area contributed by atoms with Gasteiger partial charge in [0.05, 0.1) is 12.5 Å². The van der Waals surface area contributed by atoms with Gasteiger partial charge in [-0.3, -0.25) is 0 Å². The standard InChI is InChI=1S/C18H17N2O.C2H4O2/c1-19-9-8-12-4-6-17-18(15(12)11-19)14-10-13(21-3)5-7-16(14)20(17)2;1-2(3)4/h4-11H,1-3H3;1H3,(H,3,4)/q+1;/p-1. The first kappa shape index (κ1) is 16.8. The molecular formula is C20H20N2O3. The lowest BCUT2D eigenvalue weighted by Gasteiger charge is -2.01. The third-order valence-corrected chi connectivity index (χ3v) is 4.27. The van der Waals surface area contributed by atoms with Gasteiger partial charge in [0.2, 0.25) is 0 Å². The summed E-state index contributed by atoms with van der Waals surface area (Å²) in [5, 5.41) is 14.0. The number of carbonyl (C=O) groups is 1. The lowest BCUT2D eigenvalue weighted by atomic mass is 10.1. The molecule has 2 aromatic carbocycles. The van der Waals surface area contributed by atoms with Crippen molar-refractivity contribution in [1.29, 1.82) is 0 Å². The lowest BCUT2D eigenvalue weighted by Crippen LogP contribution is -2.25. The van der Waals surface area contributed by atoms with Crippen LogP contribution >= 0.6 is 0 Å². The van der Waals surface area contributed by atoms with Gasteiger partial charge in [-0.15, -0.1) is 0 Å². The van der Waals surface area contributed by atoms with Crippen molar-refractivity contribution in [2.75, 3.05) is 7.11 Å². The number of hydrogen-bond donors (Lipinski definition) is 0. The molecule has 0 saturated heterocycles. The SMILES string of the molecule is CC(=O)[O-].COc1ccc2c(c1)c1c3c[n+](C)ccc3ccc1n2C. The zero-order valence-corrected chi connectivity index (χ0v) is 14.7. The average molecular weight is 336 g/mol. The maximum absolute atomic E-state index is 8.89. The minimum atomic E-state index is -1.08. The van der Waals surface area contributed by atoms with E-state index in [0.717, 1.165) is 12.7 Å². The van der Waals surface area contributed by atoms with Crippen molar-refractivity contribution in [3.8, 4) is 5.75 Å². The van der Waals surface area contributed by atoms with E-state index >= 15 is 0 Å². The zero-order valence-electron chi connectivity index (χ0n) is 14.7. The van der Waals surface area contributed by atoms with Crippen molar-refractivity contribution < 1.29 is 19.2 Å². The Hall–Kier alpha value is -3.08. The molecule has 2 heterocycles. The van der Waals surface area contributed by atoms with Crippen LogP contribution in [0.25, 0.3) is 32.6 Å². The molecule has 0 saturated carbocycles. The third-order valence-electron chi connectivity index (χ3n) is 4.27. The number of methoxy groups -OCH3 is 1. The number of aryl methyl sites for hydroxylation is 2. The molecule has 4 aromatic rings. The van der Waals surface area contributed by atoms with E-state index in [1.54, 1.807) is 7.11 Å². The van der Waals surface area contributed by atoms with E-state index in [0.29, 0.717) is 0 Å². The number of ether oxygens (including phenoxy) is 1. The van der Waals surface area contributed by atoms with E-state index in [1.807, 2.05) is 6.07 Å². The first-order valence-corrected chi connectivity index (χ1v) is 7.94. The highest BCUT2D eigenvalue weighted by molar-refractivity contribution is 6.20. The van der Waals surface area contributed by atoms with Crippen LogP contribution in [0.1, 0.15) is 6.92 Å². The smallest absolute Gasteiger partial charge is 0.177 e. The van der Waals surface area contributed by atoms with Gasteiger partial charge >= 0.3 is 0 Å². The first-order valence-electron chi connectivity index (χ1n) is 7.94. The molecule has 0 aliphatic carbocycles. The van der Waals surface area contributed by atoms with E-state index in [1.165, 1.54) is 32.6 Å². The molecule has 128 valence electrons. The van der Waals surface area contributed by atoms with Gasteiger partial charge in [-0.25, -0.2) is 4.57 Å². The predicted octanol–water partition coefficient (Wildman–Crippen LogP) is 2.07. The van der Waals surface area contributed by atoms with Crippen LogP contribution in [-0.2, 0) is 18.9 Å². The normalized spacial score (nSPS) is 10.7. The number of carboxylic acid groups (broad SMARTS) is 1. The van der Waals surface area contributed by atoms with Crippen molar-refractivity contribution in [1.82, 2.24) is 4.57 Å². The molecule has 0 atom stereocenters. The number of aromatic nitrogens is 2. The Morgan fingerprint density at radius 3 is 2.48 bits per heavy atom. The van der Waals surface area contributed by atoms with Crippen molar-refractivity contribution in [2.45, 2.75) is 6.92 Å². The molecule has 0 amide bonds. The van der Waals surface area contributed by atoms with Gasteiger partial charge in [-0.2, -0.15) is 0 Å². The van der Waals surface area contributed by atoms with E-state index in [2.05, 4.69) is 66.0 Å². The summed E-state index contributed by atoms with van der Waals surface area (Å²) in [5.41, 5.74) is 2.47. The second-order valence-electron chi connectivity index (χ2n) is 6.01. The highest BCUT2D eigenvalue weighted by atomic mass is 16.5. The monoisotopic (exact) mass is 336 g/mol. The highest BCUT2D eigenvalue weighted by Gasteiger charge is 2.13. The largest absolute Gasteiger partial charge is 0.550 e. The Morgan fingerprint density at radius 1 is 1.12 bits per heavy atom. The quantitative estimate of drug-likeness (QED) is 0.500. The molecule has 2 aromatic heterocycles. The van der Waals surface area contributed by atoms with Gasteiger partial charge in [-0.05, 0) is 36.6 Å². The fourth-order valence-electron chi connectivity index (χ4n) is 3.18. The van der Waals surface area contributed by atoms with E-state index in [-0.39, 0.29) is 0 Å². The van der Waals surface area contributed by atoms with Crippen LogP contribution in [0, 0.1) is 0 Å². The maximum atomic E-state index is 8.89. The Labute approximate surface area is 145 Å². The summed E-state index contributed by atoms with van der Waals surface area (Å²) in [5.74, 6) is -0.188. The molecule has 0 bridgehead atoms. The minimum absolute atomic E-state index is 0.896. The summed E-state index contributed by atoms with van der Waals surface area (Å²) in [7, 11) is 5.89. The first-order chi connectivity index (χ1) is 11.9. The van der Waals surface area contributed by atoms with Crippen LogP contribution in [0.5, 0.6) is 5.75 Å². The van der Waals surface area contributed by atoms with Crippen LogP contribution in [0.2, 0.25) is 0 Å². The van der Waals surface area contributed by atoms with Gasteiger partial charge in [0.1, 0.15) is 12.8 Å². The van der Waals surface area contributed by atoms with Crippen molar-refractivity contribution in [2.24, 2.45) is 14.1 Å². The Bertz CT molecular complexity index is 1090. The number of rotatable bonds is 1. The number of carboxylic acids is 1. The molecular weight excluding hydrogens is 316 g/mol. The zero-order chi connectivity index (χ0) is 18.1. The summed E-state index contributed by atoms with van der Waals surface area (Å²) >= 11 is 0. The van der Waals surface area contributed by atoms with E-state index < -0.39 is 5.97 Å². The van der Waals surface area contributed by atoms with E-state index in [9.17, 15) is 0 Å². The maximum Gasteiger partial charge on any atom is 0.177 e. The molecule has 4 rings (SSSR count). The molecule has 0 spiro atoms. The molecule has 0 unspecified atom stereocenters. The van der Waals surface area contributed by atoms with Crippen molar-refractivity contribution >= 4 is 38.5 Å². The van der Waals surface area contributed by atoms with Crippen LogP contribution in [0.4, 0.5) is 0 Å². The lowest BCUT2D eigenvalue weighted by molar-refractivity contribution is -0.670. The molecule has 0 N–H and O–H groups in total. The topological polar surface area (TPSA) is 58.2 Å². The molecule has 0 aliphatic rings. The van der Waals surface area contributed by atoms with Gasteiger partial charge < -0.3 is 19.2 Å². The molecule has 25 heavy (non-hydrogen) atoms.